The number of aromatic nitrogens is 1. The summed E-state index contributed by atoms with van der Waals surface area (Å²) in [6.07, 6.45) is 2.94. The Morgan fingerprint density at radius 1 is 1.35 bits per heavy atom. The van der Waals surface area contributed by atoms with Crippen LogP contribution in [-0.4, -0.2) is 10.6 Å². The lowest BCUT2D eigenvalue weighted by atomic mass is 10.0. The zero-order valence-electron chi connectivity index (χ0n) is 12.2. The first-order chi connectivity index (χ1) is 9.52. The molecule has 0 aliphatic carbocycles. The van der Waals surface area contributed by atoms with Crippen molar-refractivity contribution in [3.8, 4) is 5.75 Å². The summed E-state index contributed by atoms with van der Waals surface area (Å²) in [5.41, 5.74) is 2.57. The summed E-state index contributed by atoms with van der Waals surface area (Å²) in [6.45, 7) is 8.07. The Balaban J connectivity index is 1.59. The fourth-order valence-corrected chi connectivity index (χ4v) is 3.35. The second-order valence-corrected chi connectivity index (χ2v) is 7.25. The highest BCUT2D eigenvalue weighted by Gasteiger charge is 2.29. The van der Waals surface area contributed by atoms with Crippen molar-refractivity contribution < 1.29 is 4.74 Å². The molecule has 2 heterocycles. The molecular formula is C16H20N2OS. The Morgan fingerprint density at radius 2 is 2.20 bits per heavy atom. The van der Waals surface area contributed by atoms with Crippen molar-refractivity contribution in [3.05, 3.63) is 45.4 Å². The molecule has 0 unspecified atom stereocenters. The van der Waals surface area contributed by atoms with Crippen LogP contribution in [0.5, 0.6) is 5.75 Å². The molecule has 2 aromatic rings. The van der Waals surface area contributed by atoms with E-state index in [1.165, 1.54) is 16.0 Å². The van der Waals surface area contributed by atoms with E-state index in [0.717, 1.165) is 30.3 Å². The quantitative estimate of drug-likeness (QED) is 0.935. The lowest BCUT2D eigenvalue weighted by Gasteiger charge is -2.16. The molecule has 0 spiro atoms. The van der Waals surface area contributed by atoms with E-state index in [1.54, 1.807) is 11.3 Å². The third-order valence-electron chi connectivity index (χ3n) is 3.42. The highest BCUT2D eigenvalue weighted by atomic mass is 32.1. The molecule has 3 nitrogen and oxygen atoms in total. The van der Waals surface area contributed by atoms with Gasteiger partial charge in [0.1, 0.15) is 11.4 Å². The van der Waals surface area contributed by atoms with Crippen LogP contribution in [0.4, 0.5) is 0 Å². The molecule has 0 amide bonds. The number of hydrogen-bond acceptors (Lipinski definition) is 4. The van der Waals surface area contributed by atoms with E-state index in [-0.39, 0.29) is 5.60 Å². The van der Waals surface area contributed by atoms with Crippen LogP contribution in [-0.2, 0) is 19.5 Å². The number of fused-ring (bicyclic) bond motifs is 1. The molecule has 3 rings (SSSR count). The molecule has 0 atom stereocenters. The number of thiazole rings is 1. The van der Waals surface area contributed by atoms with Crippen molar-refractivity contribution in [2.75, 3.05) is 0 Å². The summed E-state index contributed by atoms with van der Waals surface area (Å²) in [6, 6.07) is 6.50. The van der Waals surface area contributed by atoms with Crippen molar-refractivity contribution in [2.24, 2.45) is 0 Å². The SMILES string of the molecule is Cc1ncc(CNCc2ccc3c(c2)CC(C)(C)O3)s1. The summed E-state index contributed by atoms with van der Waals surface area (Å²) < 4.78 is 5.90. The minimum absolute atomic E-state index is 0.0610. The summed E-state index contributed by atoms with van der Waals surface area (Å²) in [4.78, 5) is 5.55. The zero-order chi connectivity index (χ0) is 14.2. The van der Waals surface area contributed by atoms with Gasteiger partial charge in [-0.05, 0) is 38.0 Å². The molecule has 1 aromatic carbocycles. The van der Waals surface area contributed by atoms with E-state index in [4.69, 9.17) is 4.74 Å². The maximum Gasteiger partial charge on any atom is 0.123 e. The van der Waals surface area contributed by atoms with Crippen molar-refractivity contribution in [1.82, 2.24) is 10.3 Å². The third kappa shape index (κ3) is 3.02. The zero-order valence-corrected chi connectivity index (χ0v) is 13.0. The third-order valence-corrected chi connectivity index (χ3v) is 4.34. The van der Waals surface area contributed by atoms with Crippen molar-refractivity contribution >= 4 is 11.3 Å². The minimum atomic E-state index is -0.0610. The van der Waals surface area contributed by atoms with E-state index >= 15 is 0 Å². The first kappa shape index (κ1) is 13.6. The predicted octanol–water partition coefficient (Wildman–Crippen LogP) is 3.45. The predicted molar refractivity (Wildman–Crippen MR) is 82.2 cm³/mol. The summed E-state index contributed by atoms with van der Waals surface area (Å²) in [5.74, 6) is 1.04. The standard InChI is InChI=1S/C16H20N2OS/c1-11-18-10-14(20-11)9-17-8-12-4-5-15-13(6-12)7-16(2,3)19-15/h4-6,10,17H,7-9H2,1-3H3. The first-order valence-electron chi connectivity index (χ1n) is 6.95. The number of rotatable bonds is 4. The highest BCUT2D eigenvalue weighted by molar-refractivity contribution is 7.11. The molecule has 1 aliphatic heterocycles. The smallest absolute Gasteiger partial charge is 0.123 e. The van der Waals surface area contributed by atoms with Crippen molar-refractivity contribution in [1.29, 1.82) is 0 Å². The van der Waals surface area contributed by atoms with Gasteiger partial charge < -0.3 is 10.1 Å². The average molecular weight is 288 g/mol. The molecule has 0 fully saturated rings. The van der Waals surface area contributed by atoms with Gasteiger partial charge in [0, 0.05) is 30.6 Å². The van der Waals surface area contributed by atoms with Crippen LogP contribution >= 0.6 is 11.3 Å². The highest BCUT2D eigenvalue weighted by Crippen LogP contribution is 2.35. The second kappa shape index (κ2) is 5.19. The molecule has 0 saturated heterocycles. The van der Waals surface area contributed by atoms with E-state index in [1.807, 2.05) is 13.1 Å². The summed E-state index contributed by atoms with van der Waals surface area (Å²) >= 11 is 1.75. The van der Waals surface area contributed by atoms with Gasteiger partial charge in [-0.15, -0.1) is 11.3 Å². The normalized spacial score (nSPS) is 15.9. The molecule has 0 radical (unpaired) electrons. The Labute approximate surface area is 124 Å². The monoisotopic (exact) mass is 288 g/mol. The van der Waals surface area contributed by atoms with Crippen LogP contribution in [0.1, 0.15) is 34.9 Å². The van der Waals surface area contributed by atoms with E-state index in [2.05, 4.69) is 42.3 Å². The first-order valence-corrected chi connectivity index (χ1v) is 7.76. The molecule has 1 aliphatic rings. The van der Waals surface area contributed by atoms with Crippen LogP contribution < -0.4 is 10.1 Å². The summed E-state index contributed by atoms with van der Waals surface area (Å²) in [5, 5.41) is 4.60. The largest absolute Gasteiger partial charge is 0.487 e. The van der Waals surface area contributed by atoms with Crippen LogP contribution in [0.15, 0.2) is 24.4 Å². The van der Waals surface area contributed by atoms with E-state index < -0.39 is 0 Å². The maximum absolute atomic E-state index is 5.90. The van der Waals surface area contributed by atoms with Crippen LogP contribution in [0, 0.1) is 6.92 Å². The van der Waals surface area contributed by atoms with Gasteiger partial charge in [-0.1, -0.05) is 12.1 Å². The van der Waals surface area contributed by atoms with Crippen LogP contribution in [0.2, 0.25) is 0 Å². The van der Waals surface area contributed by atoms with Crippen molar-refractivity contribution in [2.45, 2.75) is 45.9 Å². The average Bonchev–Trinajstić information content (AvgIpc) is 2.90. The van der Waals surface area contributed by atoms with Crippen LogP contribution in [0.3, 0.4) is 0 Å². The van der Waals surface area contributed by atoms with Gasteiger partial charge in [0.15, 0.2) is 0 Å². The van der Waals surface area contributed by atoms with Gasteiger partial charge in [-0.3, -0.25) is 0 Å². The Morgan fingerprint density at radius 3 is 2.95 bits per heavy atom. The van der Waals surface area contributed by atoms with Crippen LogP contribution in [0.25, 0.3) is 0 Å². The number of aryl methyl sites for hydroxylation is 1. The lowest BCUT2D eigenvalue weighted by molar-refractivity contribution is 0.138. The number of nitrogens with one attached hydrogen (secondary N) is 1. The molecule has 106 valence electrons. The summed E-state index contributed by atoms with van der Waals surface area (Å²) in [7, 11) is 0. The van der Waals surface area contributed by atoms with Gasteiger partial charge in [-0.2, -0.15) is 0 Å². The van der Waals surface area contributed by atoms with Crippen molar-refractivity contribution in [3.63, 3.8) is 0 Å². The molecule has 4 heteroatoms. The second-order valence-electron chi connectivity index (χ2n) is 5.93. The fourth-order valence-electron chi connectivity index (χ4n) is 2.59. The van der Waals surface area contributed by atoms with E-state index in [9.17, 15) is 0 Å². The van der Waals surface area contributed by atoms with Gasteiger partial charge in [0.2, 0.25) is 0 Å². The van der Waals surface area contributed by atoms with Gasteiger partial charge >= 0.3 is 0 Å². The Bertz CT molecular complexity index is 619. The molecule has 20 heavy (non-hydrogen) atoms. The maximum atomic E-state index is 5.90. The molecule has 0 saturated carbocycles. The van der Waals surface area contributed by atoms with E-state index in [0.29, 0.717) is 0 Å². The molecule has 1 aromatic heterocycles. The number of ether oxygens (including phenoxy) is 1. The number of nitrogens with zero attached hydrogens (tertiary/aromatic N) is 1. The number of hydrogen-bond donors (Lipinski definition) is 1. The number of benzene rings is 1. The van der Waals surface area contributed by atoms with Gasteiger partial charge in [0.05, 0.1) is 5.01 Å². The fraction of sp³-hybridized carbons (Fsp3) is 0.438. The minimum Gasteiger partial charge on any atom is -0.487 e. The molecule has 0 bridgehead atoms. The Hall–Kier alpha value is -1.39. The lowest BCUT2D eigenvalue weighted by Crippen LogP contribution is -2.24. The van der Waals surface area contributed by atoms with Gasteiger partial charge in [0.25, 0.3) is 0 Å². The van der Waals surface area contributed by atoms with Gasteiger partial charge in [-0.25, -0.2) is 4.98 Å². The molecular weight excluding hydrogens is 268 g/mol. The Kier molecular flexibility index (Phi) is 3.52. The molecule has 1 N–H and O–H groups in total. The topological polar surface area (TPSA) is 34.2 Å².